The Hall–Kier alpha value is -3.02. The Morgan fingerprint density at radius 2 is 2.06 bits per heavy atom. The molecule has 0 amide bonds. The summed E-state index contributed by atoms with van der Waals surface area (Å²) in [6, 6.07) is 3.32. The molecule has 34 heavy (non-hydrogen) atoms. The Labute approximate surface area is 198 Å². The topological polar surface area (TPSA) is 124 Å². The van der Waals surface area contributed by atoms with Crippen LogP contribution in [-0.4, -0.2) is 71.9 Å². The van der Waals surface area contributed by atoms with Crippen LogP contribution in [0.5, 0.6) is 5.75 Å². The molecule has 0 saturated heterocycles. The lowest BCUT2D eigenvalue weighted by atomic mass is 10.1. The SMILES string of the molecule is CCCCN(CCO)c1nc(N)nc2cn(Cc3c(F)cc(CNCCOC)cc3OC)nc12. The van der Waals surface area contributed by atoms with Crippen LogP contribution < -0.4 is 20.7 Å². The lowest BCUT2D eigenvalue weighted by Gasteiger charge is -2.22. The van der Waals surface area contributed by atoms with Crippen molar-refractivity contribution in [2.24, 2.45) is 0 Å². The molecule has 11 heteroatoms. The van der Waals surface area contributed by atoms with E-state index in [-0.39, 0.29) is 24.9 Å². The van der Waals surface area contributed by atoms with E-state index in [1.807, 2.05) is 11.0 Å². The second kappa shape index (κ2) is 12.4. The summed E-state index contributed by atoms with van der Waals surface area (Å²) >= 11 is 0. The minimum atomic E-state index is -0.377. The lowest BCUT2D eigenvalue weighted by molar-refractivity contribution is 0.199. The summed E-state index contributed by atoms with van der Waals surface area (Å²) in [6.07, 6.45) is 3.64. The number of anilines is 2. The van der Waals surface area contributed by atoms with E-state index in [2.05, 4.69) is 27.3 Å². The molecule has 0 spiro atoms. The third kappa shape index (κ3) is 6.31. The monoisotopic (exact) mass is 475 g/mol. The number of nitrogens with two attached hydrogens (primary N) is 1. The van der Waals surface area contributed by atoms with Gasteiger partial charge in [0.15, 0.2) is 11.3 Å². The first-order valence-electron chi connectivity index (χ1n) is 11.4. The van der Waals surface area contributed by atoms with Gasteiger partial charge in [-0.25, -0.2) is 9.37 Å². The molecule has 1 aromatic carbocycles. The molecule has 0 atom stereocenters. The third-order valence-corrected chi connectivity index (χ3v) is 5.43. The molecule has 0 saturated carbocycles. The van der Waals surface area contributed by atoms with Gasteiger partial charge in [0.1, 0.15) is 17.1 Å². The summed E-state index contributed by atoms with van der Waals surface area (Å²) < 4.78 is 27.2. The van der Waals surface area contributed by atoms with Crippen LogP contribution in [0, 0.1) is 5.82 Å². The molecule has 0 aliphatic carbocycles. The van der Waals surface area contributed by atoms with Crippen LogP contribution >= 0.6 is 0 Å². The number of methoxy groups -OCH3 is 2. The van der Waals surface area contributed by atoms with Gasteiger partial charge in [0.2, 0.25) is 5.95 Å². The Morgan fingerprint density at radius 1 is 1.24 bits per heavy atom. The van der Waals surface area contributed by atoms with Crippen molar-refractivity contribution >= 4 is 22.8 Å². The minimum Gasteiger partial charge on any atom is -0.496 e. The lowest BCUT2D eigenvalue weighted by Crippen LogP contribution is -2.29. The molecular weight excluding hydrogens is 441 g/mol. The number of nitrogen functional groups attached to an aromatic ring is 1. The number of aromatic nitrogens is 4. The molecule has 4 N–H and O–H groups in total. The average Bonchev–Trinajstić information content (AvgIpc) is 3.22. The van der Waals surface area contributed by atoms with Crippen LogP contribution in [0.3, 0.4) is 0 Å². The maximum absolute atomic E-state index is 15.1. The van der Waals surface area contributed by atoms with Crippen molar-refractivity contribution in [3.8, 4) is 5.75 Å². The number of nitrogens with one attached hydrogen (secondary N) is 1. The van der Waals surface area contributed by atoms with Crippen molar-refractivity contribution in [2.45, 2.75) is 32.9 Å². The van der Waals surface area contributed by atoms with Gasteiger partial charge >= 0.3 is 0 Å². The predicted molar refractivity (Wildman–Crippen MR) is 130 cm³/mol. The first kappa shape index (κ1) is 25.6. The minimum absolute atomic E-state index is 0.0229. The number of fused-ring (bicyclic) bond motifs is 1. The summed E-state index contributed by atoms with van der Waals surface area (Å²) in [7, 11) is 3.15. The number of hydrogen-bond acceptors (Lipinski definition) is 9. The molecule has 2 heterocycles. The van der Waals surface area contributed by atoms with Crippen LogP contribution in [0.4, 0.5) is 16.2 Å². The van der Waals surface area contributed by atoms with Crippen molar-refractivity contribution in [2.75, 3.05) is 57.7 Å². The Balaban J connectivity index is 1.90. The van der Waals surface area contributed by atoms with Gasteiger partial charge in [-0.3, -0.25) is 4.68 Å². The maximum Gasteiger partial charge on any atom is 0.222 e. The van der Waals surface area contributed by atoms with Gasteiger partial charge in [-0.1, -0.05) is 13.3 Å². The van der Waals surface area contributed by atoms with Crippen LogP contribution in [0.25, 0.3) is 11.0 Å². The fourth-order valence-corrected chi connectivity index (χ4v) is 3.73. The van der Waals surface area contributed by atoms with E-state index in [9.17, 15) is 5.11 Å². The van der Waals surface area contributed by atoms with E-state index >= 15 is 4.39 Å². The zero-order valence-corrected chi connectivity index (χ0v) is 20.1. The van der Waals surface area contributed by atoms with Crippen molar-refractivity contribution in [1.29, 1.82) is 0 Å². The number of ether oxygens (including phenoxy) is 2. The summed E-state index contributed by atoms with van der Waals surface area (Å²) in [6.45, 7) is 5.08. The van der Waals surface area contributed by atoms with Gasteiger partial charge in [-0.15, -0.1) is 0 Å². The summed E-state index contributed by atoms with van der Waals surface area (Å²) in [5, 5.41) is 17.4. The highest BCUT2D eigenvalue weighted by Crippen LogP contribution is 2.27. The number of rotatable bonds is 14. The predicted octanol–water partition coefficient (Wildman–Crippen LogP) is 1.94. The van der Waals surface area contributed by atoms with Gasteiger partial charge in [0.05, 0.1) is 38.6 Å². The molecule has 3 aromatic rings. The molecule has 0 radical (unpaired) electrons. The summed E-state index contributed by atoms with van der Waals surface area (Å²) in [5.74, 6) is 0.751. The highest BCUT2D eigenvalue weighted by atomic mass is 19.1. The van der Waals surface area contributed by atoms with Gasteiger partial charge in [0, 0.05) is 33.3 Å². The first-order chi connectivity index (χ1) is 16.5. The number of hydrogen-bond donors (Lipinski definition) is 3. The number of nitrogens with zero attached hydrogens (tertiary/aromatic N) is 5. The normalized spacial score (nSPS) is 11.3. The molecule has 10 nitrogen and oxygen atoms in total. The van der Waals surface area contributed by atoms with Crippen molar-refractivity contribution in [3.05, 3.63) is 35.3 Å². The number of halogens is 1. The van der Waals surface area contributed by atoms with Crippen molar-refractivity contribution < 1.29 is 19.0 Å². The van der Waals surface area contributed by atoms with Gasteiger partial charge in [0.25, 0.3) is 0 Å². The largest absolute Gasteiger partial charge is 0.496 e. The first-order valence-corrected chi connectivity index (χ1v) is 11.4. The highest BCUT2D eigenvalue weighted by Gasteiger charge is 2.19. The number of benzene rings is 1. The average molecular weight is 476 g/mol. The summed E-state index contributed by atoms with van der Waals surface area (Å²) in [4.78, 5) is 10.6. The Morgan fingerprint density at radius 3 is 2.76 bits per heavy atom. The Bertz CT molecular complexity index is 1080. The van der Waals surface area contributed by atoms with E-state index in [0.717, 1.165) is 18.4 Å². The Kier molecular flexibility index (Phi) is 9.37. The molecule has 0 bridgehead atoms. The second-order valence-corrected chi connectivity index (χ2v) is 7.96. The fourth-order valence-electron chi connectivity index (χ4n) is 3.73. The van der Waals surface area contributed by atoms with E-state index in [4.69, 9.17) is 15.2 Å². The standard InChI is InChI=1S/C23H34FN7O3/c1-4-5-7-30(8-9-32)22-21-19(27-23(25)28-22)15-31(29-21)14-17-18(24)11-16(12-20(17)34-3)13-26-6-10-33-2/h11-12,15,26,32H,4-10,13-14H2,1-3H3,(H2,25,27). The molecule has 0 aliphatic rings. The molecule has 3 rings (SSSR count). The summed E-state index contributed by atoms with van der Waals surface area (Å²) in [5.41, 5.74) is 8.22. The molecule has 2 aromatic heterocycles. The van der Waals surface area contributed by atoms with E-state index in [0.29, 0.717) is 61.0 Å². The quantitative estimate of drug-likeness (QED) is 0.300. The zero-order chi connectivity index (χ0) is 24.5. The molecule has 186 valence electrons. The highest BCUT2D eigenvalue weighted by molar-refractivity contribution is 5.86. The van der Waals surface area contributed by atoms with Crippen LogP contribution in [0.15, 0.2) is 18.3 Å². The van der Waals surface area contributed by atoms with E-state index in [1.165, 1.54) is 13.2 Å². The molecule has 0 aliphatic heterocycles. The van der Waals surface area contributed by atoms with Crippen LogP contribution in [0.1, 0.15) is 30.9 Å². The fraction of sp³-hybridized carbons (Fsp3) is 0.522. The number of aliphatic hydroxyl groups excluding tert-OH is 1. The molecule has 0 unspecified atom stereocenters. The smallest absolute Gasteiger partial charge is 0.222 e. The van der Waals surface area contributed by atoms with Gasteiger partial charge < -0.3 is 30.5 Å². The van der Waals surface area contributed by atoms with Crippen molar-refractivity contribution in [1.82, 2.24) is 25.1 Å². The van der Waals surface area contributed by atoms with Crippen LogP contribution in [0.2, 0.25) is 0 Å². The maximum atomic E-state index is 15.1. The number of aliphatic hydroxyl groups is 1. The van der Waals surface area contributed by atoms with Gasteiger partial charge in [-0.05, 0) is 24.1 Å². The van der Waals surface area contributed by atoms with Crippen molar-refractivity contribution in [3.63, 3.8) is 0 Å². The number of unbranched alkanes of at least 4 members (excludes halogenated alkanes) is 1. The molecule has 0 fully saturated rings. The molecular formula is C23H34FN7O3. The van der Waals surface area contributed by atoms with Gasteiger partial charge in [-0.2, -0.15) is 10.1 Å². The van der Waals surface area contributed by atoms with Crippen LogP contribution in [-0.2, 0) is 17.8 Å². The third-order valence-electron chi connectivity index (χ3n) is 5.43. The zero-order valence-electron chi connectivity index (χ0n) is 20.1. The van der Waals surface area contributed by atoms with E-state index in [1.54, 1.807) is 18.0 Å². The van der Waals surface area contributed by atoms with E-state index < -0.39 is 0 Å². The second-order valence-electron chi connectivity index (χ2n) is 7.96.